The van der Waals surface area contributed by atoms with Gasteiger partial charge in [0.25, 0.3) is 16.8 Å². The van der Waals surface area contributed by atoms with Crippen LogP contribution in [0.4, 0.5) is 10.5 Å². The van der Waals surface area contributed by atoms with Crippen LogP contribution in [0.25, 0.3) is 6.08 Å². The van der Waals surface area contributed by atoms with Gasteiger partial charge in [0.05, 0.1) is 16.4 Å². The normalized spacial score (nSPS) is 16.1. The maximum Gasteiger partial charge on any atom is 0.293 e. The van der Waals surface area contributed by atoms with Gasteiger partial charge in [-0.15, -0.1) is 0 Å². The molecule has 7 nitrogen and oxygen atoms in total. The highest BCUT2D eigenvalue weighted by Crippen LogP contribution is 2.33. The zero-order chi connectivity index (χ0) is 18.8. The summed E-state index contributed by atoms with van der Waals surface area (Å²) in [5.74, 6) is -0.351. The lowest BCUT2D eigenvalue weighted by Crippen LogP contribution is -2.27. The SMILES string of the molecule is CC(C)n1ccc(/C=C2/SC(=O)N(Cc3ccc([N+](=O)[O-])cc3)C2=O)c1. The summed E-state index contributed by atoms with van der Waals surface area (Å²) in [6.45, 7) is 4.21. The van der Waals surface area contributed by atoms with Gasteiger partial charge in [-0.05, 0) is 48.9 Å². The van der Waals surface area contributed by atoms with Crippen LogP contribution < -0.4 is 0 Å². The maximum absolute atomic E-state index is 12.5. The molecule has 1 aliphatic rings. The number of amides is 2. The number of hydrogen-bond donors (Lipinski definition) is 0. The number of imide groups is 1. The van der Waals surface area contributed by atoms with Gasteiger partial charge in [-0.2, -0.15) is 0 Å². The molecule has 134 valence electrons. The third-order valence-corrected chi connectivity index (χ3v) is 4.90. The Balaban J connectivity index is 1.75. The van der Waals surface area contributed by atoms with Crippen molar-refractivity contribution in [2.75, 3.05) is 0 Å². The topological polar surface area (TPSA) is 85.4 Å². The molecule has 26 heavy (non-hydrogen) atoms. The molecular weight excluding hydrogens is 354 g/mol. The molecule has 8 heteroatoms. The number of carbonyl (C=O) groups excluding carboxylic acids is 2. The summed E-state index contributed by atoms with van der Waals surface area (Å²) in [6, 6.07) is 8.03. The lowest BCUT2D eigenvalue weighted by atomic mass is 10.2. The van der Waals surface area contributed by atoms with Crippen LogP contribution in [0.1, 0.15) is 31.0 Å². The smallest absolute Gasteiger partial charge is 0.293 e. The zero-order valence-electron chi connectivity index (χ0n) is 14.3. The van der Waals surface area contributed by atoms with E-state index in [4.69, 9.17) is 0 Å². The molecule has 0 unspecified atom stereocenters. The van der Waals surface area contributed by atoms with Crippen LogP contribution in [-0.2, 0) is 11.3 Å². The van der Waals surface area contributed by atoms with E-state index < -0.39 is 4.92 Å². The Hall–Kier alpha value is -2.87. The summed E-state index contributed by atoms with van der Waals surface area (Å²) < 4.78 is 2.02. The van der Waals surface area contributed by atoms with E-state index in [0.717, 1.165) is 22.2 Å². The van der Waals surface area contributed by atoms with Crippen LogP contribution in [0.3, 0.4) is 0 Å². The van der Waals surface area contributed by atoms with Gasteiger partial charge in [-0.3, -0.25) is 24.6 Å². The Kier molecular flexibility index (Phi) is 4.94. The first kappa shape index (κ1) is 17.9. The van der Waals surface area contributed by atoms with E-state index >= 15 is 0 Å². The minimum absolute atomic E-state index is 0.0301. The number of rotatable bonds is 5. The van der Waals surface area contributed by atoms with Gasteiger partial charge in [0.1, 0.15) is 0 Å². The van der Waals surface area contributed by atoms with Crippen LogP contribution >= 0.6 is 11.8 Å². The van der Waals surface area contributed by atoms with Crippen molar-refractivity contribution in [3.8, 4) is 0 Å². The fraction of sp³-hybridized carbons (Fsp3) is 0.222. The molecule has 1 aromatic heterocycles. The molecule has 2 aromatic rings. The lowest BCUT2D eigenvalue weighted by molar-refractivity contribution is -0.384. The molecule has 0 bridgehead atoms. The first-order chi connectivity index (χ1) is 12.3. The van der Waals surface area contributed by atoms with Crippen LogP contribution in [0.2, 0.25) is 0 Å². The van der Waals surface area contributed by atoms with E-state index in [1.165, 1.54) is 12.1 Å². The van der Waals surface area contributed by atoms with Gasteiger partial charge >= 0.3 is 0 Å². The third kappa shape index (κ3) is 3.70. The number of nitro groups is 1. The molecule has 0 radical (unpaired) electrons. The Bertz CT molecular complexity index is 899. The quantitative estimate of drug-likeness (QED) is 0.446. The molecule has 2 heterocycles. The molecule has 0 atom stereocenters. The van der Waals surface area contributed by atoms with Crippen LogP contribution in [0.15, 0.2) is 47.6 Å². The highest BCUT2D eigenvalue weighted by atomic mass is 32.2. The van der Waals surface area contributed by atoms with Crippen molar-refractivity contribution in [3.05, 3.63) is 68.9 Å². The summed E-state index contributed by atoms with van der Waals surface area (Å²) in [5.41, 5.74) is 1.49. The van der Waals surface area contributed by atoms with Crippen molar-refractivity contribution in [1.29, 1.82) is 0 Å². The number of nitro benzene ring substituents is 1. The second-order valence-electron chi connectivity index (χ2n) is 6.18. The highest BCUT2D eigenvalue weighted by Gasteiger charge is 2.35. The lowest BCUT2D eigenvalue weighted by Gasteiger charge is -2.12. The molecule has 0 N–H and O–H groups in total. The molecular formula is C18H17N3O4S. The molecule has 0 spiro atoms. The Morgan fingerprint density at radius 2 is 1.88 bits per heavy atom. The number of non-ortho nitro benzene ring substituents is 1. The van der Waals surface area contributed by atoms with E-state index in [0.29, 0.717) is 16.5 Å². The first-order valence-electron chi connectivity index (χ1n) is 8.01. The zero-order valence-corrected chi connectivity index (χ0v) is 15.1. The standard InChI is InChI=1S/C18H17N3O4S/c1-12(2)19-8-7-14(10-19)9-16-17(22)20(18(23)26-16)11-13-3-5-15(6-4-13)21(24)25/h3-10,12H,11H2,1-2H3/b16-9+. The average Bonchev–Trinajstić information content (AvgIpc) is 3.16. The molecule has 3 rings (SSSR count). The van der Waals surface area contributed by atoms with Gasteiger partial charge in [0.2, 0.25) is 0 Å². The van der Waals surface area contributed by atoms with Crippen molar-refractivity contribution >= 4 is 34.7 Å². The van der Waals surface area contributed by atoms with E-state index in [1.807, 2.05) is 23.0 Å². The van der Waals surface area contributed by atoms with Crippen LogP contribution in [0.5, 0.6) is 0 Å². The molecule has 1 saturated heterocycles. The van der Waals surface area contributed by atoms with Crippen LogP contribution in [-0.4, -0.2) is 25.5 Å². The fourth-order valence-corrected chi connectivity index (χ4v) is 3.37. The van der Waals surface area contributed by atoms with Gasteiger partial charge in [-0.25, -0.2) is 0 Å². The van der Waals surface area contributed by atoms with Crippen molar-refractivity contribution in [1.82, 2.24) is 9.47 Å². The van der Waals surface area contributed by atoms with E-state index in [9.17, 15) is 19.7 Å². The molecule has 1 fully saturated rings. The van der Waals surface area contributed by atoms with Gasteiger partial charge in [0.15, 0.2) is 0 Å². The molecule has 0 aliphatic carbocycles. The Labute approximate surface area is 154 Å². The van der Waals surface area contributed by atoms with Crippen molar-refractivity contribution < 1.29 is 14.5 Å². The summed E-state index contributed by atoms with van der Waals surface area (Å²) in [4.78, 5) is 36.5. The minimum atomic E-state index is -0.490. The maximum atomic E-state index is 12.5. The predicted octanol–water partition coefficient (Wildman–Crippen LogP) is 4.21. The average molecular weight is 371 g/mol. The Morgan fingerprint density at radius 1 is 1.19 bits per heavy atom. The van der Waals surface area contributed by atoms with Crippen molar-refractivity contribution in [2.24, 2.45) is 0 Å². The number of thioether (sulfide) groups is 1. The van der Waals surface area contributed by atoms with Gasteiger partial charge in [0, 0.05) is 30.6 Å². The van der Waals surface area contributed by atoms with Crippen molar-refractivity contribution in [2.45, 2.75) is 26.4 Å². The van der Waals surface area contributed by atoms with E-state index in [2.05, 4.69) is 13.8 Å². The third-order valence-electron chi connectivity index (χ3n) is 3.99. The number of hydrogen-bond acceptors (Lipinski definition) is 5. The summed E-state index contributed by atoms with van der Waals surface area (Å²) in [6.07, 6.45) is 5.56. The van der Waals surface area contributed by atoms with Gasteiger partial charge < -0.3 is 4.57 Å². The number of carbonyl (C=O) groups is 2. The largest absolute Gasteiger partial charge is 0.351 e. The molecule has 1 aliphatic heterocycles. The molecule has 2 amide bonds. The van der Waals surface area contributed by atoms with Crippen LogP contribution in [0, 0.1) is 10.1 Å². The first-order valence-corrected chi connectivity index (χ1v) is 8.83. The highest BCUT2D eigenvalue weighted by molar-refractivity contribution is 8.18. The summed E-state index contributed by atoms with van der Waals surface area (Å²) in [5, 5.41) is 10.4. The van der Waals surface area contributed by atoms with E-state index in [-0.39, 0.29) is 23.4 Å². The monoisotopic (exact) mass is 371 g/mol. The Morgan fingerprint density at radius 3 is 2.46 bits per heavy atom. The molecule has 1 aromatic carbocycles. The second-order valence-corrected chi connectivity index (χ2v) is 7.17. The fourth-order valence-electron chi connectivity index (χ4n) is 2.53. The predicted molar refractivity (Wildman–Crippen MR) is 99.4 cm³/mol. The van der Waals surface area contributed by atoms with Gasteiger partial charge in [-0.1, -0.05) is 12.1 Å². The summed E-state index contributed by atoms with van der Waals surface area (Å²) >= 11 is 0.903. The van der Waals surface area contributed by atoms with Crippen molar-refractivity contribution in [3.63, 3.8) is 0 Å². The molecule has 0 saturated carbocycles. The number of nitrogens with zero attached hydrogens (tertiary/aromatic N) is 3. The van der Waals surface area contributed by atoms with E-state index in [1.54, 1.807) is 18.2 Å². The number of benzene rings is 1. The second kappa shape index (κ2) is 7.17. The number of aromatic nitrogens is 1. The minimum Gasteiger partial charge on any atom is -0.351 e. The summed E-state index contributed by atoms with van der Waals surface area (Å²) in [7, 11) is 0.